The monoisotopic (exact) mass is 198 g/mol. The summed E-state index contributed by atoms with van der Waals surface area (Å²) >= 11 is 0. The normalized spacial score (nSPS) is 32.6. The summed E-state index contributed by atoms with van der Waals surface area (Å²) in [7, 11) is 0. The van der Waals surface area contributed by atoms with E-state index in [1.807, 2.05) is 0 Å². The number of hydrogen-bond donors (Lipinski definition) is 1. The molecule has 1 fully saturated rings. The quantitative estimate of drug-likeness (QED) is 0.731. The van der Waals surface area contributed by atoms with Crippen LogP contribution in [0.2, 0.25) is 0 Å². The Bertz CT molecular complexity index is 147. The second kappa shape index (κ2) is 5.75. The molecule has 0 aromatic heterocycles. The first-order chi connectivity index (χ1) is 6.63. The zero-order valence-corrected chi connectivity index (χ0v) is 10.00. The molecule has 84 valence electrons. The summed E-state index contributed by atoms with van der Waals surface area (Å²) < 4.78 is 0. The fraction of sp³-hybridized carbons (Fsp3) is 1.00. The molecule has 1 N–H and O–H groups in total. The largest absolute Gasteiger partial charge is 0.393 e. The van der Waals surface area contributed by atoms with Gasteiger partial charge in [-0.05, 0) is 37.0 Å². The lowest BCUT2D eigenvalue weighted by Gasteiger charge is -2.30. The van der Waals surface area contributed by atoms with Crippen LogP contribution in [0.25, 0.3) is 0 Å². The summed E-state index contributed by atoms with van der Waals surface area (Å²) in [4.78, 5) is 0. The molecule has 0 spiro atoms. The molecule has 1 saturated carbocycles. The molecule has 0 saturated heterocycles. The molecule has 14 heavy (non-hydrogen) atoms. The lowest BCUT2D eigenvalue weighted by atomic mass is 9.78. The van der Waals surface area contributed by atoms with Gasteiger partial charge < -0.3 is 5.11 Å². The van der Waals surface area contributed by atoms with E-state index in [-0.39, 0.29) is 6.10 Å². The van der Waals surface area contributed by atoms with Gasteiger partial charge in [-0.2, -0.15) is 0 Å². The predicted molar refractivity (Wildman–Crippen MR) is 61.2 cm³/mol. The highest BCUT2D eigenvalue weighted by Gasteiger charge is 2.25. The highest BCUT2D eigenvalue weighted by atomic mass is 16.3. The molecule has 0 aliphatic heterocycles. The lowest BCUT2D eigenvalue weighted by Crippen LogP contribution is -2.26. The topological polar surface area (TPSA) is 20.2 Å². The van der Waals surface area contributed by atoms with E-state index in [9.17, 15) is 5.11 Å². The van der Waals surface area contributed by atoms with Gasteiger partial charge in [-0.1, -0.05) is 40.0 Å². The molecule has 0 amide bonds. The molecule has 1 nitrogen and oxygen atoms in total. The molecule has 1 aliphatic carbocycles. The van der Waals surface area contributed by atoms with Crippen molar-refractivity contribution in [3.63, 3.8) is 0 Å². The van der Waals surface area contributed by atoms with Gasteiger partial charge in [0.1, 0.15) is 0 Å². The Morgan fingerprint density at radius 2 is 1.79 bits per heavy atom. The van der Waals surface area contributed by atoms with Crippen LogP contribution in [0.3, 0.4) is 0 Å². The van der Waals surface area contributed by atoms with Gasteiger partial charge in [0.05, 0.1) is 6.10 Å². The van der Waals surface area contributed by atoms with Crippen molar-refractivity contribution in [2.24, 2.45) is 17.8 Å². The van der Waals surface area contributed by atoms with Crippen LogP contribution in [0, 0.1) is 17.8 Å². The van der Waals surface area contributed by atoms with E-state index >= 15 is 0 Å². The average Bonchev–Trinajstić information content (AvgIpc) is 2.18. The van der Waals surface area contributed by atoms with Gasteiger partial charge in [0.15, 0.2) is 0 Å². The Labute approximate surface area is 88.9 Å². The van der Waals surface area contributed by atoms with Gasteiger partial charge in [0.2, 0.25) is 0 Å². The van der Waals surface area contributed by atoms with Crippen LogP contribution in [0.4, 0.5) is 0 Å². The smallest absolute Gasteiger partial charge is 0.0570 e. The summed E-state index contributed by atoms with van der Waals surface area (Å²) in [5.74, 6) is 2.17. The Morgan fingerprint density at radius 3 is 2.29 bits per heavy atom. The molecule has 0 aromatic carbocycles. The van der Waals surface area contributed by atoms with E-state index in [2.05, 4.69) is 20.8 Å². The van der Waals surface area contributed by atoms with Crippen molar-refractivity contribution in [1.82, 2.24) is 0 Å². The van der Waals surface area contributed by atoms with Gasteiger partial charge in [-0.25, -0.2) is 0 Å². The molecule has 0 heterocycles. The van der Waals surface area contributed by atoms with E-state index in [0.29, 0.717) is 11.8 Å². The molecule has 0 radical (unpaired) electrons. The third-order valence-corrected chi connectivity index (χ3v) is 3.95. The maximum atomic E-state index is 10.1. The summed E-state index contributed by atoms with van der Waals surface area (Å²) in [5, 5.41) is 10.1. The molecule has 2 atom stereocenters. The van der Waals surface area contributed by atoms with Gasteiger partial charge >= 0.3 is 0 Å². The number of aliphatic hydroxyl groups excluding tert-OH is 1. The van der Waals surface area contributed by atoms with Crippen LogP contribution in [0.15, 0.2) is 0 Å². The Hall–Kier alpha value is -0.0400. The number of aliphatic hydroxyl groups is 1. The first-order valence-corrected chi connectivity index (χ1v) is 6.31. The zero-order valence-electron chi connectivity index (χ0n) is 10.00. The number of hydrogen-bond acceptors (Lipinski definition) is 1. The first kappa shape index (κ1) is 12.0. The highest BCUT2D eigenvalue weighted by molar-refractivity contribution is 4.76. The molecule has 2 unspecified atom stereocenters. The first-order valence-electron chi connectivity index (χ1n) is 6.31. The van der Waals surface area contributed by atoms with Crippen molar-refractivity contribution in [1.29, 1.82) is 0 Å². The van der Waals surface area contributed by atoms with Gasteiger partial charge in [0.25, 0.3) is 0 Å². The maximum absolute atomic E-state index is 10.1. The van der Waals surface area contributed by atoms with Crippen molar-refractivity contribution >= 4 is 0 Å². The molecule has 0 aromatic rings. The third-order valence-electron chi connectivity index (χ3n) is 3.95. The Morgan fingerprint density at radius 1 is 1.21 bits per heavy atom. The van der Waals surface area contributed by atoms with E-state index in [0.717, 1.165) is 12.3 Å². The van der Waals surface area contributed by atoms with Crippen molar-refractivity contribution in [3.05, 3.63) is 0 Å². The Kier molecular flexibility index (Phi) is 4.94. The van der Waals surface area contributed by atoms with Crippen LogP contribution in [0.5, 0.6) is 0 Å². The third kappa shape index (κ3) is 3.61. The average molecular weight is 198 g/mol. The van der Waals surface area contributed by atoms with Crippen LogP contribution in [0.1, 0.15) is 59.3 Å². The molecule has 1 aliphatic rings. The minimum atomic E-state index is -0.0301. The standard InChI is InChI=1S/C13H26O/c1-4-10(2)9-13(14)12-7-5-11(3)6-8-12/h10-14H,4-9H2,1-3H3. The lowest BCUT2D eigenvalue weighted by molar-refractivity contribution is 0.0564. The van der Waals surface area contributed by atoms with Crippen LogP contribution in [-0.2, 0) is 0 Å². The van der Waals surface area contributed by atoms with Crippen molar-refractivity contribution in [2.45, 2.75) is 65.4 Å². The van der Waals surface area contributed by atoms with Crippen molar-refractivity contribution in [2.75, 3.05) is 0 Å². The van der Waals surface area contributed by atoms with Crippen molar-refractivity contribution < 1.29 is 5.11 Å². The van der Waals surface area contributed by atoms with Gasteiger partial charge in [-0.15, -0.1) is 0 Å². The van der Waals surface area contributed by atoms with E-state index in [1.54, 1.807) is 0 Å². The minimum absolute atomic E-state index is 0.0301. The molecular formula is C13H26O. The van der Waals surface area contributed by atoms with Crippen molar-refractivity contribution in [3.8, 4) is 0 Å². The molecule has 1 heteroatoms. The molecule has 0 bridgehead atoms. The second-order valence-electron chi connectivity index (χ2n) is 5.34. The highest BCUT2D eigenvalue weighted by Crippen LogP contribution is 2.32. The summed E-state index contributed by atoms with van der Waals surface area (Å²) in [5.41, 5.74) is 0. The van der Waals surface area contributed by atoms with Crippen LogP contribution in [-0.4, -0.2) is 11.2 Å². The van der Waals surface area contributed by atoms with Crippen LogP contribution >= 0.6 is 0 Å². The van der Waals surface area contributed by atoms with Gasteiger partial charge in [0, 0.05) is 0 Å². The summed E-state index contributed by atoms with van der Waals surface area (Å²) in [6, 6.07) is 0. The SMILES string of the molecule is CCC(C)CC(O)C1CCC(C)CC1. The zero-order chi connectivity index (χ0) is 10.6. The second-order valence-corrected chi connectivity index (χ2v) is 5.34. The van der Waals surface area contributed by atoms with E-state index in [1.165, 1.54) is 32.1 Å². The molecular weight excluding hydrogens is 172 g/mol. The fourth-order valence-electron chi connectivity index (χ4n) is 2.44. The fourth-order valence-corrected chi connectivity index (χ4v) is 2.44. The van der Waals surface area contributed by atoms with E-state index < -0.39 is 0 Å². The summed E-state index contributed by atoms with van der Waals surface area (Å²) in [6.07, 6.45) is 7.31. The summed E-state index contributed by atoms with van der Waals surface area (Å²) in [6.45, 7) is 6.78. The number of rotatable bonds is 4. The maximum Gasteiger partial charge on any atom is 0.0570 e. The van der Waals surface area contributed by atoms with E-state index in [4.69, 9.17) is 0 Å². The van der Waals surface area contributed by atoms with Gasteiger partial charge in [-0.3, -0.25) is 0 Å². The minimum Gasteiger partial charge on any atom is -0.393 e. The van der Waals surface area contributed by atoms with Crippen LogP contribution < -0.4 is 0 Å². The Balaban J connectivity index is 2.26. The predicted octanol–water partition coefficient (Wildman–Crippen LogP) is 3.61. The molecule has 1 rings (SSSR count).